The Bertz CT molecular complexity index is 859. The molecular formula is C21H27N5O3. The van der Waals surface area contributed by atoms with E-state index in [1.165, 1.54) is 0 Å². The molecule has 0 saturated carbocycles. The predicted molar refractivity (Wildman–Crippen MR) is 107 cm³/mol. The first kappa shape index (κ1) is 19.4. The number of carbonyl (C=O) groups is 2. The summed E-state index contributed by atoms with van der Waals surface area (Å²) in [4.78, 5) is 33.3. The summed E-state index contributed by atoms with van der Waals surface area (Å²) < 4.78 is 7.47. The first-order valence-corrected chi connectivity index (χ1v) is 10.3. The molecule has 0 N–H and O–H groups in total. The first-order valence-electron chi connectivity index (χ1n) is 10.3. The molecule has 154 valence electrons. The van der Waals surface area contributed by atoms with Crippen molar-refractivity contribution in [3.8, 4) is 5.88 Å². The van der Waals surface area contributed by atoms with Crippen molar-refractivity contribution < 1.29 is 14.3 Å². The Balaban J connectivity index is 1.34. The molecule has 4 heterocycles. The third kappa shape index (κ3) is 4.26. The van der Waals surface area contributed by atoms with Crippen LogP contribution in [0.3, 0.4) is 0 Å². The zero-order valence-corrected chi connectivity index (χ0v) is 17.0. The van der Waals surface area contributed by atoms with Gasteiger partial charge in [0.25, 0.3) is 11.8 Å². The molecule has 2 amide bonds. The maximum atomic E-state index is 12.8. The molecule has 0 aromatic carbocycles. The number of piperazine rings is 1. The number of carbonyl (C=O) groups excluding carboxylic acids is 2. The summed E-state index contributed by atoms with van der Waals surface area (Å²) in [6, 6.07) is 5.37. The highest BCUT2D eigenvalue weighted by Crippen LogP contribution is 2.18. The van der Waals surface area contributed by atoms with Gasteiger partial charge in [-0.1, -0.05) is 0 Å². The number of pyridine rings is 1. The van der Waals surface area contributed by atoms with E-state index in [9.17, 15) is 9.59 Å². The quantitative estimate of drug-likeness (QED) is 0.788. The standard InChI is InChI=1S/C21H27N5O3/c1-15(2)29-19-7-6-16(14-22-19)20(27)24-9-11-25(12-10-24)21(28)18-13-17-5-3-4-8-26(17)23-18/h6-7,13-15H,3-5,8-12H2,1-2H3. The van der Waals surface area contributed by atoms with Gasteiger partial charge < -0.3 is 14.5 Å². The van der Waals surface area contributed by atoms with Crippen LogP contribution in [0.4, 0.5) is 0 Å². The molecule has 0 radical (unpaired) electrons. The minimum Gasteiger partial charge on any atom is -0.475 e. The summed E-state index contributed by atoms with van der Waals surface area (Å²) in [6.07, 6.45) is 4.84. The number of ether oxygens (including phenoxy) is 1. The van der Waals surface area contributed by atoms with E-state index in [0.717, 1.165) is 31.5 Å². The van der Waals surface area contributed by atoms with Gasteiger partial charge in [-0.15, -0.1) is 0 Å². The summed E-state index contributed by atoms with van der Waals surface area (Å²) >= 11 is 0. The number of hydrogen-bond donors (Lipinski definition) is 0. The Hall–Kier alpha value is -2.90. The fraction of sp³-hybridized carbons (Fsp3) is 0.524. The van der Waals surface area contributed by atoms with Crippen molar-refractivity contribution in [1.82, 2.24) is 24.6 Å². The van der Waals surface area contributed by atoms with Crippen molar-refractivity contribution in [2.24, 2.45) is 0 Å². The predicted octanol–water partition coefficient (Wildman–Crippen LogP) is 2.00. The van der Waals surface area contributed by atoms with Gasteiger partial charge in [0.2, 0.25) is 5.88 Å². The normalized spacial score (nSPS) is 16.7. The molecule has 8 heteroatoms. The van der Waals surface area contributed by atoms with Crippen LogP contribution in [-0.4, -0.2) is 68.7 Å². The third-order valence-corrected chi connectivity index (χ3v) is 5.33. The van der Waals surface area contributed by atoms with Crippen LogP contribution in [0.25, 0.3) is 0 Å². The Morgan fingerprint density at radius 2 is 1.72 bits per heavy atom. The Labute approximate surface area is 170 Å². The molecule has 1 saturated heterocycles. The molecule has 2 aromatic heterocycles. The number of nitrogens with zero attached hydrogens (tertiary/aromatic N) is 5. The van der Waals surface area contributed by atoms with Crippen LogP contribution in [0.1, 0.15) is 53.2 Å². The lowest BCUT2D eigenvalue weighted by Gasteiger charge is -2.34. The van der Waals surface area contributed by atoms with Gasteiger partial charge in [0, 0.05) is 50.7 Å². The maximum Gasteiger partial charge on any atom is 0.274 e. The summed E-state index contributed by atoms with van der Waals surface area (Å²) in [5, 5.41) is 4.48. The number of rotatable bonds is 4. The fourth-order valence-corrected chi connectivity index (χ4v) is 3.80. The SMILES string of the molecule is CC(C)Oc1ccc(C(=O)N2CCN(C(=O)c3cc4n(n3)CCCC4)CC2)cn1. The number of fused-ring (bicyclic) bond motifs is 1. The molecule has 1 fully saturated rings. The number of hydrogen-bond acceptors (Lipinski definition) is 5. The maximum absolute atomic E-state index is 12.8. The molecule has 0 atom stereocenters. The van der Waals surface area contributed by atoms with Crippen LogP contribution in [0.15, 0.2) is 24.4 Å². The molecule has 4 rings (SSSR count). The highest BCUT2D eigenvalue weighted by molar-refractivity contribution is 5.95. The Morgan fingerprint density at radius 1 is 1.00 bits per heavy atom. The Morgan fingerprint density at radius 3 is 2.34 bits per heavy atom. The van der Waals surface area contributed by atoms with Gasteiger partial charge in [-0.3, -0.25) is 14.3 Å². The molecule has 2 aliphatic rings. The van der Waals surface area contributed by atoms with Gasteiger partial charge in [-0.05, 0) is 45.2 Å². The monoisotopic (exact) mass is 397 g/mol. The minimum atomic E-state index is -0.0712. The second-order valence-electron chi connectivity index (χ2n) is 7.84. The van der Waals surface area contributed by atoms with E-state index in [1.807, 2.05) is 24.6 Å². The summed E-state index contributed by atoms with van der Waals surface area (Å²) in [5.41, 5.74) is 2.19. The molecule has 0 aliphatic carbocycles. The number of aryl methyl sites for hydroxylation is 2. The molecule has 29 heavy (non-hydrogen) atoms. The molecule has 0 unspecified atom stereocenters. The van der Waals surface area contributed by atoms with Gasteiger partial charge in [-0.25, -0.2) is 4.98 Å². The summed E-state index contributed by atoms with van der Waals surface area (Å²) in [7, 11) is 0. The highest BCUT2D eigenvalue weighted by atomic mass is 16.5. The lowest BCUT2D eigenvalue weighted by molar-refractivity contribution is 0.0531. The van der Waals surface area contributed by atoms with Crippen molar-refractivity contribution >= 4 is 11.8 Å². The van der Waals surface area contributed by atoms with E-state index in [-0.39, 0.29) is 17.9 Å². The molecule has 8 nitrogen and oxygen atoms in total. The van der Waals surface area contributed by atoms with E-state index >= 15 is 0 Å². The highest BCUT2D eigenvalue weighted by Gasteiger charge is 2.27. The smallest absolute Gasteiger partial charge is 0.274 e. The van der Waals surface area contributed by atoms with Crippen LogP contribution >= 0.6 is 0 Å². The van der Waals surface area contributed by atoms with E-state index < -0.39 is 0 Å². The van der Waals surface area contributed by atoms with Crippen LogP contribution in [0.5, 0.6) is 5.88 Å². The molecule has 0 spiro atoms. The van der Waals surface area contributed by atoms with Crippen molar-refractivity contribution in [1.29, 1.82) is 0 Å². The van der Waals surface area contributed by atoms with Crippen molar-refractivity contribution in [3.63, 3.8) is 0 Å². The van der Waals surface area contributed by atoms with Crippen molar-refractivity contribution in [2.75, 3.05) is 26.2 Å². The number of amides is 2. The summed E-state index contributed by atoms with van der Waals surface area (Å²) in [6.45, 7) is 6.77. The van der Waals surface area contributed by atoms with E-state index in [0.29, 0.717) is 43.3 Å². The number of aromatic nitrogens is 3. The molecular weight excluding hydrogens is 370 g/mol. The lowest BCUT2D eigenvalue weighted by atomic mass is 10.1. The van der Waals surface area contributed by atoms with Gasteiger partial charge in [0.15, 0.2) is 5.69 Å². The van der Waals surface area contributed by atoms with Gasteiger partial charge in [0.05, 0.1) is 11.7 Å². The molecule has 2 aromatic rings. The Kier molecular flexibility index (Phi) is 5.51. The van der Waals surface area contributed by atoms with Gasteiger partial charge >= 0.3 is 0 Å². The average molecular weight is 397 g/mol. The topological polar surface area (TPSA) is 80.6 Å². The zero-order valence-electron chi connectivity index (χ0n) is 17.0. The van der Waals surface area contributed by atoms with Crippen molar-refractivity contribution in [3.05, 3.63) is 41.3 Å². The lowest BCUT2D eigenvalue weighted by Crippen LogP contribution is -2.50. The van der Waals surface area contributed by atoms with Crippen LogP contribution in [-0.2, 0) is 13.0 Å². The van der Waals surface area contributed by atoms with E-state index in [1.54, 1.807) is 28.1 Å². The van der Waals surface area contributed by atoms with Crippen LogP contribution < -0.4 is 4.74 Å². The molecule has 2 aliphatic heterocycles. The minimum absolute atomic E-state index is 0.0375. The average Bonchev–Trinajstić information content (AvgIpc) is 3.17. The van der Waals surface area contributed by atoms with Crippen LogP contribution in [0.2, 0.25) is 0 Å². The van der Waals surface area contributed by atoms with Crippen LogP contribution in [0, 0.1) is 0 Å². The van der Waals surface area contributed by atoms with E-state index in [4.69, 9.17) is 4.74 Å². The van der Waals surface area contributed by atoms with Gasteiger partial charge in [0.1, 0.15) is 0 Å². The second-order valence-corrected chi connectivity index (χ2v) is 7.84. The van der Waals surface area contributed by atoms with E-state index in [2.05, 4.69) is 10.1 Å². The largest absolute Gasteiger partial charge is 0.475 e. The second kappa shape index (κ2) is 8.23. The third-order valence-electron chi connectivity index (χ3n) is 5.33. The zero-order chi connectivity index (χ0) is 20.4. The summed E-state index contributed by atoms with van der Waals surface area (Å²) in [5.74, 6) is 0.392. The van der Waals surface area contributed by atoms with Crippen molar-refractivity contribution in [2.45, 2.75) is 45.8 Å². The van der Waals surface area contributed by atoms with Gasteiger partial charge in [-0.2, -0.15) is 5.10 Å². The fourth-order valence-electron chi connectivity index (χ4n) is 3.80. The molecule has 0 bridgehead atoms. The first-order chi connectivity index (χ1) is 14.0.